The largest absolute Gasteiger partial charge is 0.309 e. The number of hydrogen-bond donors (Lipinski definition) is 0. The van der Waals surface area contributed by atoms with Crippen LogP contribution in [0.25, 0.3) is 89.8 Å². The maximum absolute atomic E-state index is 5.32. The lowest BCUT2D eigenvalue weighted by Gasteiger charge is -2.13. The second-order valence-corrected chi connectivity index (χ2v) is 12.2. The van der Waals surface area contributed by atoms with Gasteiger partial charge in [0, 0.05) is 44.6 Å². The van der Waals surface area contributed by atoms with Crippen LogP contribution in [0.3, 0.4) is 0 Å². The molecule has 4 heteroatoms. The van der Waals surface area contributed by atoms with Crippen LogP contribution in [0, 0.1) is 0 Å². The topological polar surface area (TPSA) is 35.6 Å². The van der Waals surface area contributed by atoms with Crippen molar-refractivity contribution in [2.75, 3.05) is 0 Å². The fourth-order valence-corrected chi connectivity index (χ4v) is 7.28. The third-order valence-electron chi connectivity index (χ3n) is 9.41. The molecule has 232 valence electrons. The van der Waals surface area contributed by atoms with Gasteiger partial charge in [0.1, 0.15) is 5.82 Å². The summed E-state index contributed by atoms with van der Waals surface area (Å²) in [6.45, 7) is 6.41. The summed E-state index contributed by atoms with van der Waals surface area (Å²) in [5, 5.41) is 5.89. The summed E-state index contributed by atoms with van der Waals surface area (Å²) in [5.74, 6) is 1.48. The highest BCUT2D eigenvalue weighted by molar-refractivity contribution is 6.23. The first kappa shape index (κ1) is 28.7. The van der Waals surface area contributed by atoms with Gasteiger partial charge in [-0.15, -0.1) is 0 Å². The number of allylic oxidation sites excluding steroid dienone is 1. The minimum absolute atomic E-state index is 0.678. The fourth-order valence-electron chi connectivity index (χ4n) is 7.28. The van der Waals surface area contributed by atoms with Gasteiger partial charge < -0.3 is 4.57 Å². The Hall–Kier alpha value is -6.52. The van der Waals surface area contributed by atoms with Crippen LogP contribution >= 0.6 is 0 Å². The molecule has 4 nitrogen and oxygen atoms in total. The Labute approximate surface area is 284 Å². The number of rotatable bonds is 6. The second-order valence-electron chi connectivity index (χ2n) is 12.2. The Morgan fingerprint density at radius 3 is 2.04 bits per heavy atom. The maximum Gasteiger partial charge on any atom is 0.162 e. The highest BCUT2D eigenvalue weighted by atomic mass is 15.1. The number of para-hydroxylation sites is 2. The Kier molecular flexibility index (Phi) is 6.80. The van der Waals surface area contributed by atoms with Gasteiger partial charge >= 0.3 is 0 Å². The van der Waals surface area contributed by atoms with E-state index < -0.39 is 0 Å². The van der Waals surface area contributed by atoms with E-state index in [-0.39, 0.29) is 0 Å². The molecule has 3 heterocycles. The second kappa shape index (κ2) is 11.6. The van der Waals surface area contributed by atoms with Crippen molar-refractivity contribution < 1.29 is 0 Å². The predicted octanol–water partition coefficient (Wildman–Crippen LogP) is 11.7. The molecule has 0 amide bonds. The first-order valence-electron chi connectivity index (χ1n) is 16.6. The maximum atomic E-state index is 5.32. The van der Waals surface area contributed by atoms with Gasteiger partial charge in [-0.05, 0) is 60.2 Å². The summed E-state index contributed by atoms with van der Waals surface area (Å²) in [4.78, 5) is 10.5. The molecule has 0 bridgehead atoms. The van der Waals surface area contributed by atoms with Crippen molar-refractivity contribution in [3.8, 4) is 34.2 Å². The van der Waals surface area contributed by atoms with Gasteiger partial charge in [0.15, 0.2) is 5.82 Å². The van der Waals surface area contributed by atoms with Crippen LogP contribution in [-0.4, -0.2) is 19.1 Å². The first-order valence-corrected chi connectivity index (χ1v) is 16.6. The zero-order valence-corrected chi connectivity index (χ0v) is 27.1. The van der Waals surface area contributed by atoms with Crippen LogP contribution in [0.4, 0.5) is 0 Å². The molecular formula is C45H32N4. The smallest absolute Gasteiger partial charge is 0.162 e. The average molecular weight is 629 g/mol. The Morgan fingerprint density at radius 1 is 0.571 bits per heavy atom. The third kappa shape index (κ3) is 4.61. The highest BCUT2D eigenvalue weighted by Crippen LogP contribution is 2.42. The molecular weight excluding hydrogens is 597 g/mol. The van der Waals surface area contributed by atoms with Crippen molar-refractivity contribution in [1.29, 1.82) is 0 Å². The normalized spacial score (nSPS) is 11.8. The lowest BCUT2D eigenvalue weighted by molar-refractivity contribution is 1.01. The van der Waals surface area contributed by atoms with Crippen molar-refractivity contribution in [3.63, 3.8) is 0 Å². The van der Waals surface area contributed by atoms with Gasteiger partial charge in [0.25, 0.3) is 0 Å². The standard InChI is InChI=1S/C45H32N4/c1-3-15-38-35(4-2)43-41(27-26-40-44(43)36-22-13-14-23-39(36)48(40)34-20-9-6-10-21-34)49(38)42-29-37(31-17-7-5-8-18-31)46-45(47-42)33-25-24-30-16-11-12-19-32(30)28-33/h3-29H,2H2,1H3/b15-3-. The lowest BCUT2D eigenvalue weighted by Crippen LogP contribution is -2.04. The minimum atomic E-state index is 0.678. The summed E-state index contributed by atoms with van der Waals surface area (Å²) in [7, 11) is 0. The van der Waals surface area contributed by atoms with E-state index in [0.29, 0.717) is 5.82 Å². The Balaban J connectivity index is 1.39. The molecule has 0 saturated heterocycles. The summed E-state index contributed by atoms with van der Waals surface area (Å²) in [6, 6.07) is 51.1. The fraction of sp³-hybridized carbons (Fsp3) is 0.0222. The molecule has 0 saturated carbocycles. The third-order valence-corrected chi connectivity index (χ3v) is 9.41. The van der Waals surface area contributed by atoms with Gasteiger partial charge in [0.05, 0.1) is 27.9 Å². The number of benzene rings is 6. The minimum Gasteiger partial charge on any atom is -0.309 e. The summed E-state index contributed by atoms with van der Waals surface area (Å²) >= 11 is 0. The SMILES string of the molecule is C=Cc1c(/C=C\C)n(-c2cc(-c3ccccc3)nc(-c3ccc4ccccc4c3)n2)c2ccc3c(c4ccccc4n3-c3ccccc3)c12. The average Bonchev–Trinajstić information content (AvgIpc) is 3.67. The highest BCUT2D eigenvalue weighted by Gasteiger charge is 2.23. The van der Waals surface area contributed by atoms with Gasteiger partial charge in [-0.1, -0.05) is 122 Å². The molecule has 3 aromatic heterocycles. The molecule has 0 radical (unpaired) electrons. The number of nitrogens with zero attached hydrogens (tertiary/aromatic N) is 4. The van der Waals surface area contributed by atoms with Crippen LogP contribution in [-0.2, 0) is 0 Å². The molecule has 9 aromatic rings. The predicted molar refractivity (Wildman–Crippen MR) is 206 cm³/mol. The van der Waals surface area contributed by atoms with Gasteiger partial charge in [-0.2, -0.15) is 0 Å². The molecule has 0 atom stereocenters. The van der Waals surface area contributed by atoms with Gasteiger partial charge in [0.2, 0.25) is 0 Å². The lowest BCUT2D eigenvalue weighted by atomic mass is 10.0. The molecule has 0 aliphatic rings. The van der Waals surface area contributed by atoms with Crippen LogP contribution in [0.5, 0.6) is 0 Å². The van der Waals surface area contributed by atoms with Crippen molar-refractivity contribution in [2.24, 2.45) is 0 Å². The van der Waals surface area contributed by atoms with E-state index in [9.17, 15) is 0 Å². The summed E-state index contributed by atoms with van der Waals surface area (Å²) in [5.41, 5.74) is 9.48. The van der Waals surface area contributed by atoms with Crippen molar-refractivity contribution in [1.82, 2.24) is 19.1 Å². The Bertz CT molecular complexity index is 2730. The number of aromatic nitrogens is 4. The zero-order chi connectivity index (χ0) is 32.9. The summed E-state index contributed by atoms with van der Waals surface area (Å²) < 4.78 is 4.64. The molecule has 0 spiro atoms. The van der Waals surface area contributed by atoms with E-state index in [4.69, 9.17) is 9.97 Å². The van der Waals surface area contributed by atoms with Crippen LogP contribution < -0.4 is 0 Å². The van der Waals surface area contributed by atoms with Crippen LogP contribution in [0.2, 0.25) is 0 Å². The molecule has 0 aliphatic heterocycles. The molecule has 0 aliphatic carbocycles. The first-order chi connectivity index (χ1) is 24.2. The van der Waals surface area contributed by atoms with E-state index in [2.05, 4.69) is 174 Å². The van der Waals surface area contributed by atoms with E-state index in [0.717, 1.165) is 61.4 Å². The van der Waals surface area contributed by atoms with Crippen molar-refractivity contribution >= 4 is 55.6 Å². The molecule has 0 fully saturated rings. The molecule has 6 aromatic carbocycles. The molecule has 0 N–H and O–H groups in total. The van der Waals surface area contributed by atoms with Crippen molar-refractivity contribution in [2.45, 2.75) is 6.92 Å². The van der Waals surface area contributed by atoms with E-state index in [1.807, 2.05) is 12.1 Å². The monoisotopic (exact) mass is 628 g/mol. The van der Waals surface area contributed by atoms with E-state index >= 15 is 0 Å². The van der Waals surface area contributed by atoms with Crippen molar-refractivity contribution in [3.05, 3.63) is 170 Å². The van der Waals surface area contributed by atoms with Gasteiger partial charge in [-0.3, -0.25) is 4.57 Å². The molecule has 9 rings (SSSR count). The Morgan fingerprint density at radius 2 is 1.27 bits per heavy atom. The molecule has 0 unspecified atom stereocenters. The van der Waals surface area contributed by atoms with Gasteiger partial charge in [-0.25, -0.2) is 9.97 Å². The van der Waals surface area contributed by atoms with Crippen LogP contribution in [0.1, 0.15) is 18.2 Å². The number of hydrogen-bond acceptors (Lipinski definition) is 2. The van der Waals surface area contributed by atoms with Crippen LogP contribution in [0.15, 0.2) is 158 Å². The van der Waals surface area contributed by atoms with E-state index in [1.165, 1.54) is 21.7 Å². The summed E-state index contributed by atoms with van der Waals surface area (Å²) in [6.07, 6.45) is 6.25. The quantitative estimate of drug-likeness (QED) is 0.184. The number of fused-ring (bicyclic) bond motifs is 6. The zero-order valence-electron chi connectivity index (χ0n) is 27.1. The van der Waals surface area contributed by atoms with E-state index in [1.54, 1.807) is 0 Å². The molecule has 49 heavy (non-hydrogen) atoms.